The van der Waals surface area contributed by atoms with Crippen LogP contribution in [0.1, 0.15) is 103 Å². The fourth-order valence-electron chi connectivity index (χ4n) is 11.5. The third kappa shape index (κ3) is 5.35. The van der Waals surface area contributed by atoms with Crippen molar-refractivity contribution in [2.24, 2.45) is 52.3 Å². The van der Waals surface area contributed by atoms with Gasteiger partial charge in [0.15, 0.2) is 0 Å². The molecule has 40 heavy (non-hydrogen) atoms. The number of aryl methyl sites for hydroxylation is 1. The van der Waals surface area contributed by atoms with Crippen molar-refractivity contribution < 1.29 is 9.47 Å². The van der Waals surface area contributed by atoms with Crippen LogP contribution in [0.2, 0.25) is 0 Å². The molecule has 4 saturated carbocycles. The van der Waals surface area contributed by atoms with Crippen LogP contribution in [0.3, 0.4) is 0 Å². The maximum atomic E-state index is 7.05. The van der Waals surface area contributed by atoms with Gasteiger partial charge in [0.1, 0.15) is 0 Å². The highest BCUT2D eigenvalue weighted by molar-refractivity contribution is 5.20. The fraction of sp³-hybridized carbons (Fsp3) is 0.838. The highest BCUT2D eigenvalue weighted by Gasteiger charge is 2.65. The molecule has 1 heterocycles. The van der Waals surface area contributed by atoms with Gasteiger partial charge in [-0.15, -0.1) is 0 Å². The molecule has 1 aliphatic heterocycles. The minimum atomic E-state index is 0.429. The van der Waals surface area contributed by atoms with Crippen LogP contribution in [0.15, 0.2) is 24.3 Å². The van der Waals surface area contributed by atoms with E-state index in [1.54, 1.807) is 0 Å². The molecule has 0 bridgehead atoms. The van der Waals surface area contributed by atoms with Gasteiger partial charge in [0, 0.05) is 6.54 Å². The first kappa shape index (κ1) is 29.2. The van der Waals surface area contributed by atoms with Gasteiger partial charge >= 0.3 is 0 Å². The summed E-state index contributed by atoms with van der Waals surface area (Å²) < 4.78 is 13.3. The molecule has 0 aromatic heterocycles. The second kappa shape index (κ2) is 11.6. The highest BCUT2D eigenvalue weighted by Crippen LogP contribution is 2.70. The Bertz CT molecular complexity index is 990. The quantitative estimate of drug-likeness (QED) is 0.308. The van der Waals surface area contributed by atoms with Gasteiger partial charge in [-0.25, -0.2) is 0 Å². The van der Waals surface area contributed by atoms with E-state index in [9.17, 15) is 0 Å². The molecule has 4 aliphatic carbocycles. The molecule has 3 heteroatoms. The predicted octanol–water partition coefficient (Wildman–Crippen LogP) is 8.53. The SMILES string of the molecule is Cc1ccc(COCC(CCC2O[C@H]3C[C@H]4[C@@H]5CCC6CCCC[C@]6(C)[C@H]5CC[C@]4(C)[C@H]3[C@@H]2C)CN(C)C)cc1. The van der Waals surface area contributed by atoms with Gasteiger partial charge in [0.25, 0.3) is 0 Å². The molecule has 1 aromatic rings. The molecule has 0 radical (unpaired) electrons. The molecular formula is C37H59NO2. The molecule has 5 fully saturated rings. The number of benzene rings is 1. The van der Waals surface area contributed by atoms with E-state index in [0.717, 1.165) is 42.7 Å². The Morgan fingerprint density at radius 2 is 1.77 bits per heavy atom. The zero-order valence-corrected chi connectivity index (χ0v) is 26.7. The largest absolute Gasteiger partial charge is 0.376 e. The van der Waals surface area contributed by atoms with Gasteiger partial charge in [-0.2, -0.15) is 0 Å². The Hall–Kier alpha value is -0.900. The van der Waals surface area contributed by atoms with Gasteiger partial charge < -0.3 is 14.4 Å². The second-order valence-electron chi connectivity index (χ2n) is 16.0. The molecular weight excluding hydrogens is 490 g/mol. The van der Waals surface area contributed by atoms with Crippen LogP contribution in [-0.4, -0.2) is 44.4 Å². The van der Waals surface area contributed by atoms with Crippen molar-refractivity contribution in [2.75, 3.05) is 27.2 Å². The summed E-state index contributed by atoms with van der Waals surface area (Å²) in [4.78, 5) is 2.33. The van der Waals surface area contributed by atoms with Gasteiger partial charge in [-0.1, -0.05) is 63.4 Å². The van der Waals surface area contributed by atoms with Crippen LogP contribution >= 0.6 is 0 Å². The van der Waals surface area contributed by atoms with E-state index in [1.807, 2.05) is 0 Å². The first-order chi connectivity index (χ1) is 19.2. The Morgan fingerprint density at radius 3 is 2.55 bits per heavy atom. The van der Waals surface area contributed by atoms with E-state index < -0.39 is 0 Å². The number of rotatable bonds is 9. The lowest BCUT2D eigenvalue weighted by molar-refractivity contribution is -0.115. The maximum Gasteiger partial charge on any atom is 0.0717 e. The molecule has 11 atom stereocenters. The number of fused-ring (bicyclic) bond motifs is 7. The molecule has 3 nitrogen and oxygen atoms in total. The topological polar surface area (TPSA) is 21.7 Å². The minimum Gasteiger partial charge on any atom is -0.376 e. The third-order valence-corrected chi connectivity index (χ3v) is 13.4. The Balaban J connectivity index is 1.06. The molecule has 1 aromatic carbocycles. The van der Waals surface area contributed by atoms with Gasteiger partial charge in [0.05, 0.1) is 25.4 Å². The first-order valence-corrected chi connectivity index (χ1v) is 17.1. The monoisotopic (exact) mass is 549 g/mol. The van der Waals surface area contributed by atoms with E-state index in [-0.39, 0.29) is 0 Å². The van der Waals surface area contributed by atoms with E-state index in [2.05, 4.69) is 71.0 Å². The number of ether oxygens (including phenoxy) is 2. The van der Waals surface area contributed by atoms with Crippen LogP contribution in [0, 0.1) is 59.2 Å². The summed E-state index contributed by atoms with van der Waals surface area (Å²) in [6.07, 6.45) is 16.6. The molecule has 0 N–H and O–H groups in total. The van der Waals surface area contributed by atoms with Crippen LogP contribution in [0.25, 0.3) is 0 Å². The summed E-state index contributed by atoms with van der Waals surface area (Å²) in [6.45, 7) is 12.8. The Labute approximate surface area is 246 Å². The summed E-state index contributed by atoms with van der Waals surface area (Å²) >= 11 is 0. The summed E-state index contributed by atoms with van der Waals surface area (Å²) in [7, 11) is 4.40. The van der Waals surface area contributed by atoms with Crippen LogP contribution in [0.5, 0.6) is 0 Å². The molecule has 1 saturated heterocycles. The molecule has 6 rings (SSSR count). The molecule has 0 amide bonds. The van der Waals surface area contributed by atoms with Crippen molar-refractivity contribution in [2.45, 2.75) is 117 Å². The maximum absolute atomic E-state index is 7.05. The Kier molecular flexibility index (Phi) is 8.50. The normalized spacial score (nSPS) is 43.2. The lowest BCUT2D eigenvalue weighted by Crippen LogP contribution is -2.53. The average molecular weight is 550 g/mol. The lowest BCUT2D eigenvalue weighted by atomic mass is 9.44. The zero-order valence-electron chi connectivity index (χ0n) is 26.7. The van der Waals surface area contributed by atoms with E-state index >= 15 is 0 Å². The summed E-state index contributed by atoms with van der Waals surface area (Å²) in [5, 5.41) is 0. The molecule has 224 valence electrons. The van der Waals surface area contributed by atoms with Crippen LogP contribution in [0.4, 0.5) is 0 Å². The lowest BCUT2D eigenvalue weighted by Gasteiger charge is -2.60. The van der Waals surface area contributed by atoms with Crippen molar-refractivity contribution in [1.82, 2.24) is 4.90 Å². The summed E-state index contributed by atoms with van der Waals surface area (Å²) in [5.74, 6) is 5.89. The predicted molar refractivity (Wildman–Crippen MR) is 165 cm³/mol. The van der Waals surface area contributed by atoms with E-state index in [4.69, 9.17) is 9.47 Å². The second-order valence-corrected chi connectivity index (χ2v) is 16.0. The first-order valence-electron chi connectivity index (χ1n) is 17.1. The molecule has 3 unspecified atom stereocenters. The van der Waals surface area contributed by atoms with Crippen molar-refractivity contribution >= 4 is 0 Å². The van der Waals surface area contributed by atoms with Crippen molar-refractivity contribution in [3.63, 3.8) is 0 Å². The Morgan fingerprint density at radius 1 is 0.975 bits per heavy atom. The average Bonchev–Trinajstić information content (AvgIpc) is 3.40. The van der Waals surface area contributed by atoms with Crippen molar-refractivity contribution in [3.8, 4) is 0 Å². The smallest absolute Gasteiger partial charge is 0.0717 e. The third-order valence-electron chi connectivity index (χ3n) is 13.4. The van der Waals surface area contributed by atoms with Gasteiger partial charge in [0.2, 0.25) is 0 Å². The van der Waals surface area contributed by atoms with Crippen molar-refractivity contribution in [3.05, 3.63) is 35.4 Å². The summed E-state index contributed by atoms with van der Waals surface area (Å²) in [6, 6.07) is 8.77. The highest BCUT2D eigenvalue weighted by atomic mass is 16.5. The minimum absolute atomic E-state index is 0.429. The van der Waals surface area contributed by atoms with Gasteiger partial charge in [-0.05, 0) is 137 Å². The summed E-state index contributed by atoms with van der Waals surface area (Å²) in [5.41, 5.74) is 3.72. The fourth-order valence-corrected chi connectivity index (χ4v) is 11.5. The zero-order chi connectivity index (χ0) is 28.1. The van der Waals surface area contributed by atoms with E-state index in [0.29, 0.717) is 41.5 Å². The van der Waals surface area contributed by atoms with E-state index in [1.165, 1.54) is 81.8 Å². The number of nitrogens with zero attached hydrogens (tertiary/aromatic N) is 1. The molecule has 5 aliphatic rings. The van der Waals surface area contributed by atoms with Crippen LogP contribution < -0.4 is 0 Å². The molecule has 0 spiro atoms. The number of hydrogen-bond donors (Lipinski definition) is 0. The number of hydrogen-bond acceptors (Lipinski definition) is 3. The van der Waals surface area contributed by atoms with Gasteiger partial charge in [-0.3, -0.25) is 0 Å². The standard InChI is InChI=1S/C37H59NO2/c1-25-10-12-27(13-11-25)23-39-24-28(22-38(5)6)14-17-33-26(2)35-34(40-33)21-32-30-16-15-29-9-7-8-19-36(29,3)31(30)18-20-37(32,35)4/h10-13,26,28-35H,7-9,14-24H2,1-6H3/t26-,28?,29?,30-,31+,32+,33?,34+,35+,36+,37+/m1/s1. The van der Waals surface area contributed by atoms with Crippen LogP contribution in [-0.2, 0) is 16.1 Å². The van der Waals surface area contributed by atoms with Crippen molar-refractivity contribution in [1.29, 1.82) is 0 Å².